The number of aromatic nitrogens is 1. The topological polar surface area (TPSA) is 65.9 Å². The van der Waals surface area contributed by atoms with Crippen LogP contribution in [0.1, 0.15) is 29.3 Å². The molecule has 1 aliphatic heterocycles. The number of carboxylic acid groups (broad SMARTS) is 1. The number of benzene rings is 2. The molecule has 0 radical (unpaired) electrons. The molecule has 0 unspecified atom stereocenters. The van der Waals surface area contributed by atoms with Gasteiger partial charge in [-0.3, -0.25) is 4.90 Å². The fraction of sp³-hybridized carbons (Fsp3) is 0.280. The van der Waals surface area contributed by atoms with Crippen molar-refractivity contribution in [1.82, 2.24) is 9.88 Å². The number of anilines is 1. The molecular formula is C25H27N3O3. The van der Waals surface area contributed by atoms with E-state index in [9.17, 15) is 9.90 Å². The summed E-state index contributed by atoms with van der Waals surface area (Å²) in [5, 5.41) is 9.48. The summed E-state index contributed by atoms with van der Waals surface area (Å²) in [6, 6.07) is 21.6. The summed E-state index contributed by atoms with van der Waals surface area (Å²) in [5.41, 5.74) is 1.45. The van der Waals surface area contributed by atoms with Gasteiger partial charge in [0.2, 0.25) is 0 Å². The fourth-order valence-corrected chi connectivity index (χ4v) is 4.11. The minimum Gasteiger partial charge on any atom is -0.478 e. The molecule has 1 aliphatic rings. The number of ether oxygens (including phenoxy) is 1. The highest BCUT2D eigenvalue weighted by atomic mass is 16.5. The van der Waals surface area contributed by atoms with Gasteiger partial charge in [0.15, 0.2) is 0 Å². The zero-order valence-electron chi connectivity index (χ0n) is 17.6. The molecule has 1 atom stereocenters. The second-order valence-corrected chi connectivity index (χ2v) is 7.69. The number of likely N-dealkylation sites (N-methyl/N-ethyl adjacent to an activating group) is 1. The third-order valence-corrected chi connectivity index (χ3v) is 5.67. The van der Waals surface area contributed by atoms with Crippen molar-refractivity contribution >= 4 is 11.8 Å². The number of para-hydroxylation sites is 1. The molecule has 6 nitrogen and oxygen atoms in total. The van der Waals surface area contributed by atoms with E-state index in [1.165, 1.54) is 5.56 Å². The second-order valence-electron chi connectivity index (χ2n) is 7.69. The molecule has 160 valence electrons. The highest BCUT2D eigenvalue weighted by Crippen LogP contribution is 2.27. The van der Waals surface area contributed by atoms with Gasteiger partial charge in [-0.05, 0) is 54.9 Å². The van der Waals surface area contributed by atoms with Gasteiger partial charge >= 0.3 is 5.97 Å². The van der Waals surface area contributed by atoms with Crippen molar-refractivity contribution in [2.45, 2.75) is 25.9 Å². The first-order valence-electron chi connectivity index (χ1n) is 10.6. The molecule has 1 N–H and O–H groups in total. The molecule has 3 aromatic rings. The van der Waals surface area contributed by atoms with Gasteiger partial charge in [0.1, 0.15) is 22.9 Å². The van der Waals surface area contributed by atoms with Crippen LogP contribution in [0.2, 0.25) is 0 Å². The molecule has 0 bridgehead atoms. The maximum atomic E-state index is 11.6. The molecular weight excluding hydrogens is 390 g/mol. The maximum Gasteiger partial charge on any atom is 0.339 e. The summed E-state index contributed by atoms with van der Waals surface area (Å²) >= 11 is 0. The van der Waals surface area contributed by atoms with Crippen molar-refractivity contribution in [1.29, 1.82) is 0 Å². The summed E-state index contributed by atoms with van der Waals surface area (Å²) in [7, 11) is 0. The lowest BCUT2D eigenvalue weighted by Crippen LogP contribution is -2.37. The third kappa shape index (κ3) is 5.03. The second kappa shape index (κ2) is 9.62. The molecule has 1 saturated heterocycles. The van der Waals surface area contributed by atoms with Gasteiger partial charge in [-0.2, -0.15) is 0 Å². The van der Waals surface area contributed by atoms with Crippen molar-refractivity contribution in [3.05, 3.63) is 84.1 Å². The number of pyridine rings is 1. The Labute approximate surface area is 182 Å². The van der Waals surface area contributed by atoms with Crippen molar-refractivity contribution in [2.24, 2.45) is 0 Å². The van der Waals surface area contributed by atoms with Crippen molar-refractivity contribution in [3.63, 3.8) is 0 Å². The van der Waals surface area contributed by atoms with Gasteiger partial charge in [0.05, 0.1) is 0 Å². The third-order valence-electron chi connectivity index (χ3n) is 5.67. The lowest BCUT2D eigenvalue weighted by atomic mass is 10.1. The Morgan fingerprint density at radius 3 is 2.71 bits per heavy atom. The minimum absolute atomic E-state index is 0.261. The van der Waals surface area contributed by atoms with E-state index in [-0.39, 0.29) is 5.56 Å². The Balaban J connectivity index is 1.43. The Bertz CT molecular complexity index is 1030. The Kier molecular flexibility index (Phi) is 6.48. The van der Waals surface area contributed by atoms with E-state index in [4.69, 9.17) is 4.74 Å². The number of hydrogen-bond donors (Lipinski definition) is 1. The smallest absolute Gasteiger partial charge is 0.339 e. The molecule has 2 heterocycles. The summed E-state index contributed by atoms with van der Waals surface area (Å²) in [5.74, 6) is 1.27. The van der Waals surface area contributed by atoms with Crippen molar-refractivity contribution < 1.29 is 14.6 Å². The van der Waals surface area contributed by atoms with Crippen molar-refractivity contribution in [2.75, 3.05) is 24.5 Å². The van der Waals surface area contributed by atoms with Gasteiger partial charge < -0.3 is 14.7 Å². The van der Waals surface area contributed by atoms with E-state index in [0.29, 0.717) is 11.9 Å². The number of carboxylic acids is 1. The predicted octanol–water partition coefficient (Wildman–Crippen LogP) is 4.67. The number of aromatic carboxylic acids is 1. The van der Waals surface area contributed by atoms with Crippen LogP contribution in [0, 0.1) is 0 Å². The van der Waals surface area contributed by atoms with E-state index >= 15 is 0 Å². The van der Waals surface area contributed by atoms with Crippen LogP contribution in [0.3, 0.4) is 0 Å². The summed E-state index contributed by atoms with van der Waals surface area (Å²) in [6.07, 6.45) is 2.63. The van der Waals surface area contributed by atoms with Crippen LogP contribution in [0.25, 0.3) is 0 Å². The van der Waals surface area contributed by atoms with Crippen LogP contribution in [0.15, 0.2) is 72.9 Å². The Hall–Kier alpha value is -3.38. The highest BCUT2D eigenvalue weighted by molar-refractivity contribution is 5.93. The molecule has 0 saturated carbocycles. The van der Waals surface area contributed by atoms with Crippen LogP contribution >= 0.6 is 0 Å². The molecule has 0 aliphatic carbocycles. The van der Waals surface area contributed by atoms with E-state index in [1.807, 2.05) is 42.5 Å². The SMILES string of the molecule is CCN(Cc1cccc(Oc2ccccc2)c1)[C@@H]1CCN(c2ncccc2C(=O)O)C1. The number of rotatable bonds is 8. The molecule has 1 fully saturated rings. The van der Waals surface area contributed by atoms with Gasteiger partial charge in [-0.25, -0.2) is 9.78 Å². The van der Waals surface area contributed by atoms with Gasteiger partial charge in [0.25, 0.3) is 0 Å². The Morgan fingerprint density at radius 1 is 1.13 bits per heavy atom. The zero-order chi connectivity index (χ0) is 21.6. The highest BCUT2D eigenvalue weighted by Gasteiger charge is 2.30. The number of carbonyl (C=O) groups is 1. The summed E-state index contributed by atoms with van der Waals surface area (Å²) in [4.78, 5) is 20.4. The normalized spacial score (nSPS) is 15.9. The van der Waals surface area contributed by atoms with Crippen LogP contribution in [-0.2, 0) is 6.54 Å². The quantitative estimate of drug-likeness (QED) is 0.574. The van der Waals surface area contributed by atoms with Crippen LogP contribution < -0.4 is 9.64 Å². The lowest BCUT2D eigenvalue weighted by Gasteiger charge is -2.28. The fourth-order valence-electron chi connectivity index (χ4n) is 4.11. The average Bonchev–Trinajstić information content (AvgIpc) is 3.28. The zero-order valence-corrected chi connectivity index (χ0v) is 17.6. The van der Waals surface area contributed by atoms with Gasteiger partial charge in [-0.15, -0.1) is 0 Å². The van der Waals surface area contributed by atoms with E-state index in [0.717, 1.165) is 44.1 Å². The Morgan fingerprint density at radius 2 is 1.94 bits per heavy atom. The largest absolute Gasteiger partial charge is 0.478 e. The molecule has 6 heteroatoms. The first-order valence-corrected chi connectivity index (χ1v) is 10.6. The van der Waals surface area contributed by atoms with Gasteiger partial charge in [0, 0.05) is 31.9 Å². The van der Waals surface area contributed by atoms with Crippen LogP contribution in [0.4, 0.5) is 5.82 Å². The molecule has 0 spiro atoms. The van der Waals surface area contributed by atoms with Crippen LogP contribution in [0.5, 0.6) is 11.5 Å². The monoisotopic (exact) mass is 417 g/mol. The molecule has 31 heavy (non-hydrogen) atoms. The maximum absolute atomic E-state index is 11.6. The average molecular weight is 418 g/mol. The van der Waals surface area contributed by atoms with E-state index in [2.05, 4.69) is 33.8 Å². The summed E-state index contributed by atoms with van der Waals surface area (Å²) < 4.78 is 5.98. The van der Waals surface area contributed by atoms with Crippen molar-refractivity contribution in [3.8, 4) is 11.5 Å². The first-order chi connectivity index (χ1) is 15.1. The van der Waals surface area contributed by atoms with Gasteiger partial charge in [-0.1, -0.05) is 37.3 Å². The predicted molar refractivity (Wildman–Crippen MR) is 121 cm³/mol. The molecule has 2 aromatic carbocycles. The molecule has 4 rings (SSSR count). The molecule has 1 aromatic heterocycles. The van der Waals surface area contributed by atoms with E-state index in [1.54, 1.807) is 18.3 Å². The standard InChI is InChI=1S/C25H27N3O3/c1-2-27(17-19-8-6-11-22(16-19)31-21-9-4-3-5-10-21)20-13-15-28(18-20)24-23(25(29)30)12-7-14-26-24/h3-12,14,16,20H,2,13,15,17-18H2,1H3,(H,29,30)/t20-/m1/s1. The first kappa shape index (κ1) is 20.9. The van der Waals surface area contributed by atoms with E-state index < -0.39 is 5.97 Å². The summed E-state index contributed by atoms with van der Waals surface area (Å²) in [6.45, 7) is 5.46. The van der Waals surface area contributed by atoms with Crippen LogP contribution in [-0.4, -0.2) is 46.6 Å². The molecule has 0 amide bonds. The lowest BCUT2D eigenvalue weighted by molar-refractivity contribution is 0.0697. The minimum atomic E-state index is -0.936. The number of nitrogens with zero attached hydrogens (tertiary/aromatic N) is 3. The number of hydrogen-bond acceptors (Lipinski definition) is 5.